The predicted molar refractivity (Wildman–Crippen MR) is 67.0 cm³/mol. The van der Waals surface area contributed by atoms with E-state index >= 15 is 0 Å². The Morgan fingerprint density at radius 2 is 1.94 bits per heavy atom. The van der Waals surface area contributed by atoms with Gasteiger partial charge in [0.05, 0.1) is 12.2 Å². The first-order valence-corrected chi connectivity index (χ1v) is 6.29. The molecule has 94 valence electrons. The normalized spacial score (nSPS) is 26.9. The second kappa shape index (κ2) is 4.74. The quantitative estimate of drug-likeness (QED) is 0.800. The van der Waals surface area contributed by atoms with Gasteiger partial charge >= 0.3 is 0 Å². The monoisotopic (exact) mass is 226 g/mol. The van der Waals surface area contributed by atoms with E-state index in [4.69, 9.17) is 0 Å². The second-order valence-corrected chi connectivity index (χ2v) is 6.42. The van der Waals surface area contributed by atoms with Crippen LogP contribution in [0, 0.1) is 11.3 Å². The van der Waals surface area contributed by atoms with Crippen LogP contribution in [0.1, 0.15) is 48.0 Å². The molecular formula is C13H26N2O. The van der Waals surface area contributed by atoms with Crippen LogP contribution in [-0.4, -0.2) is 29.6 Å². The number of rotatable bonds is 3. The van der Waals surface area contributed by atoms with Crippen LogP contribution in [0.15, 0.2) is 0 Å². The number of nitrogens with zero attached hydrogens (tertiary/aromatic N) is 1. The summed E-state index contributed by atoms with van der Waals surface area (Å²) in [6.45, 7) is 13.8. The van der Waals surface area contributed by atoms with E-state index < -0.39 is 0 Å². The summed E-state index contributed by atoms with van der Waals surface area (Å²) < 4.78 is 0. The summed E-state index contributed by atoms with van der Waals surface area (Å²) in [6.07, 6.45) is 1.26. The molecule has 1 N–H and O–H groups in total. The first-order valence-electron chi connectivity index (χ1n) is 6.29. The van der Waals surface area contributed by atoms with Crippen molar-refractivity contribution in [1.29, 1.82) is 0 Å². The van der Waals surface area contributed by atoms with E-state index in [2.05, 4.69) is 39.9 Å². The molecule has 0 radical (unpaired) electrons. The molecule has 1 aliphatic heterocycles. The number of hydrogen-bond donors (Lipinski definition) is 1. The molecule has 2 unspecified atom stereocenters. The van der Waals surface area contributed by atoms with Gasteiger partial charge in [0.15, 0.2) is 0 Å². The largest absolute Gasteiger partial charge is 0.326 e. The maximum Gasteiger partial charge on any atom is 0.240 e. The van der Waals surface area contributed by atoms with Crippen molar-refractivity contribution in [1.82, 2.24) is 10.2 Å². The number of hydrogen-bond acceptors (Lipinski definition) is 2. The van der Waals surface area contributed by atoms with Crippen LogP contribution >= 0.6 is 0 Å². The van der Waals surface area contributed by atoms with Crippen LogP contribution in [0.4, 0.5) is 0 Å². The molecule has 1 heterocycles. The van der Waals surface area contributed by atoms with Gasteiger partial charge in [0.2, 0.25) is 5.91 Å². The molecule has 1 amide bonds. The van der Waals surface area contributed by atoms with Gasteiger partial charge in [0.1, 0.15) is 0 Å². The van der Waals surface area contributed by atoms with Crippen molar-refractivity contribution >= 4 is 5.91 Å². The van der Waals surface area contributed by atoms with Crippen LogP contribution in [0.3, 0.4) is 0 Å². The summed E-state index contributed by atoms with van der Waals surface area (Å²) in [5.74, 6) is 0.719. The summed E-state index contributed by atoms with van der Waals surface area (Å²) in [5, 5.41) is 3.37. The second-order valence-electron chi connectivity index (χ2n) is 6.42. The Morgan fingerprint density at radius 1 is 1.38 bits per heavy atom. The molecule has 0 bridgehead atoms. The lowest BCUT2D eigenvalue weighted by Gasteiger charge is -2.30. The summed E-state index contributed by atoms with van der Waals surface area (Å²) in [4.78, 5) is 14.0. The fourth-order valence-corrected chi connectivity index (χ4v) is 2.06. The molecule has 1 saturated heterocycles. The Morgan fingerprint density at radius 3 is 2.38 bits per heavy atom. The first kappa shape index (κ1) is 13.5. The van der Waals surface area contributed by atoms with Crippen LogP contribution in [0.2, 0.25) is 0 Å². The van der Waals surface area contributed by atoms with Crippen molar-refractivity contribution in [2.45, 2.75) is 60.2 Å². The first-order chi connectivity index (χ1) is 7.22. The zero-order valence-electron chi connectivity index (χ0n) is 11.5. The van der Waals surface area contributed by atoms with Gasteiger partial charge in [-0.15, -0.1) is 0 Å². The van der Waals surface area contributed by atoms with Crippen molar-refractivity contribution in [2.75, 3.05) is 6.54 Å². The summed E-state index contributed by atoms with van der Waals surface area (Å²) in [7, 11) is 0. The Labute approximate surface area is 99.6 Å². The minimum absolute atomic E-state index is 0.0210. The molecule has 1 rings (SSSR count). The summed E-state index contributed by atoms with van der Waals surface area (Å²) in [5.41, 5.74) is 0.285. The highest BCUT2D eigenvalue weighted by Crippen LogP contribution is 2.23. The maximum absolute atomic E-state index is 12.0. The lowest BCUT2D eigenvalue weighted by atomic mass is 9.92. The average Bonchev–Trinajstić information content (AvgIpc) is 2.39. The zero-order valence-corrected chi connectivity index (χ0v) is 11.5. The van der Waals surface area contributed by atoms with Gasteiger partial charge in [-0.3, -0.25) is 10.1 Å². The van der Waals surface area contributed by atoms with Gasteiger partial charge in [-0.1, -0.05) is 34.6 Å². The van der Waals surface area contributed by atoms with Crippen LogP contribution in [0.25, 0.3) is 0 Å². The Balaban J connectivity index is 2.64. The summed E-state index contributed by atoms with van der Waals surface area (Å²) >= 11 is 0. The molecule has 0 saturated carbocycles. The van der Waals surface area contributed by atoms with Crippen molar-refractivity contribution < 1.29 is 4.79 Å². The maximum atomic E-state index is 12.0. The highest BCUT2D eigenvalue weighted by Gasteiger charge is 2.37. The van der Waals surface area contributed by atoms with E-state index in [0.29, 0.717) is 5.92 Å². The third-order valence-electron chi connectivity index (χ3n) is 3.14. The Bertz CT molecular complexity index is 255. The van der Waals surface area contributed by atoms with E-state index in [9.17, 15) is 4.79 Å². The molecule has 1 fully saturated rings. The van der Waals surface area contributed by atoms with Crippen LogP contribution in [0.5, 0.6) is 0 Å². The third kappa shape index (κ3) is 3.21. The average molecular weight is 226 g/mol. The lowest BCUT2D eigenvalue weighted by Crippen LogP contribution is -2.42. The fourth-order valence-electron chi connectivity index (χ4n) is 2.06. The molecule has 0 spiro atoms. The Kier molecular flexibility index (Phi) is 4.00. The lowest BCUT2D eigenvalue weighted by molar-refractivity contribution is -0.130. The van der Waals surface area contributed by atoms with E-state index in [0.717, 1.165) is 13.0 Å². The number of nitrogens with one attached hydrogen (secondary N) is 1. The molecule has 0 aliphatic carbocycles. The van der Waals surface area contributed by atoms with Gasteiger partial charge in [-0.05, 0) is 24.7 Å². The van der Waals surface area contributed by atoms with Crippen LogP contribution < -0.4 is 5.32 Å². The van der Waals surface area contributed by atoms with Gasteiger partial charge in [0, 0.05) is 6.54 Å². The van der Waals surface area contributed by atoms with Crippen molar-refractivity contribution in [2.24, 2.45) is 11.3 Å². The molecule has 0 aromatic heterocycles. The van der Waals surface area contributed by atoms with Gasteiger partial charge in [-0.2, -0.15) is 0 Å². The minimum Gasteiger partial charge on any atom is -0.326 e. The van der Waals surface area contributed by atoms with Crippen molar-refractivity contribution in [3.63, 3.8) is 0 Å². The highest BCUT2D eigenvalue weighted by molar-refractivity contribution is 5.83. The molecule has 3 heteroatoms. The predicted octanol–water partition coefficient (Wildman–Crippen LogP) is 2.23. The smallest absolute Gasteiger partial charge is 0.240 e. The molecule has 1 aliphatic rings. The summed E-state index contributed by atoms with van der Waals surface area (Å²) in [6, 6.07) is -0.0210. The number of carbonyl (C=O) groups excluding carboxylic acids is 1. The Hall–Kier alpha value is -0.570. The topological polar surface area (TPSA) is 32.3 Å². The van der Waals surface area contributed by atoms with Gasteiger partial charge < -0.3 is 4.90 Å². The fraction of sp³-hybridized carbons (Fsp3) is 0.923. The number of carbonyl (C=O) groups is 1. The van der Waals surface area contributed by atoms with Gasteiger partial charge in [0.25, 0.3) is 0 Å². The molecule has 0 aromatic rings. The van der Waals surface area contributed by atoms with Crippen LogP contribution in [-0.2, 0) is 4.79 Å². The van der Waals surface area contributed by atoms with E-state index in [1.165, 1.54) is 0 Å². The van der Waals surface area contributed by atoms with Gasteiger partial charge in [-0.25, -0.2) is 0 Å². The van der Waals surface area contributed by atoms with E-state index in [1.54, 1.807) is 0 Å². The molecule has 16 heavy (non-hydrogen) atoms. The standard InChI is InChI=1S/C13H26N2O/c1-9(2)11-14-10(3)12(16)15(11)8-7-13(4,5)6/h9-11,14H,7-8H2,1-6H3. The van der Waals surface area contributed by atoms with Crippen molar-refractivity contribution in [3.8, 4) is 0 Å². The van der Waals surface area contributed by atoms with Crippen molar-refractivity contribution in [3.05, 3.63) is 0 Å². The molecule has 3 nitrogen and oxygen atoms in total. The third-order valence-corrected chi connectivity index (χ3v) is 3.14. The highest BCUT2D eigenvalue weighted by atomic mass is 16.2. The van der Waals surface area contributed by atoms with E-state index in [1.807, 2.05) is 11.8 Å². The zero-order chi connectivity index (χ0) is 12.5. The molecule has 2 atom stereocenters. The molecule has 0 aromatic carbocycles. The van der Waals surface area contributed by atoms with E-state index in [-0.39, 0.29) is 23.5 Å². The number of amides is 1. The molecular weight excluding hydrogens is 200 g/mol. The SMILES string of the molecule is CC1NC(C(C)C)N(CCC(C)(C)C)C1=O. The minimum atomic E-state index is -0.0210.